The number of hydrogen-bond donors (Lipinski definition) is 2. The second-order valence-corrected chi connectivity index (χ2v) is 4.75. The van der Waals surface area contributed by atoms with Gasteiger partial charge in [-0.05, 0) is 30.2 Å². The first kappa shape index (κ1) is 12.4. The van der Waals surface area contributed by atoms with Crippen LogP contribution in [0.15, 0.2) is 48.5 Å². The third-order valence-corrected chi connectivity index (χ3v) is 3.26. The van der Waals surface area contributed by atoms with Gasteiger partial charge in [0.25, 0.3) is 0 Å². The molecule has 1 heterocycles. The monoisotopic (exact) mass is 265 g/mol. The quantitative estimate of drug-likeness (QED) is 0.764. The van der Waals surface area contributed by atoms with Gasteiger partial charge in [-0.1, -0.05) is 36.4 Å². The Bertz CT molecular complexity index is 728. The molecule has 3 aromatic rings. The van der Waals surface area contributed by atoms with Gasteiger partial charge < -0.3 is 4.98 Å². The lowest BCUT2D eigenvalue weighted by molar-refractivity contribution is -0.115. The van der Waals surface area contributed by atoms with Crippen LogP contribution in [0, 0.1) is 6.92 Å². The van der Waals surface area contributed by atoms with E-state index in [4.69, 9.17) is 0 Å². The summed E-state index contributed by atoms with van der Waals surface area (Å²) in [6, 6.07) is 15.6. The molecule has 0 radical (unpaired) electrons. The first-order valence-electron chi connectivity index (χ1n) is 6.51. The number of aromatic amines is 1. The van der Waals surface area contributed by atoms with Crippen LogP contribution in [0.1, 0.15) is 11.1 Å². The summed E-state index contributed by atoms with van der Waals surface area (Å²) in [5.41, 5.74) is 3.91. The predicted octanol–water partition coefficient (Wildman–Crippen LogP) is 3.05. The Balaban J connectivity index is 1.74. The maximum Gasteiger partial charge on any atom is 0.231 e. The number of nitrogens with zero attached hydrogens (tertiary/aromatic N) is 1. The summed E-state index contributed by atoms with van der Waals surface area (Å²) in [7, 11) is 0. The molecule has 0 fully saturated rings. The zero-order valence-electron chi connectivity index (χ0n) is 11.2. The van der Waals surface area contributed by atoms with Crippen molar-refractivity contribution in [3.05, 3.63) is 59.7 Å². The molecule has 20 heavy (non-hydrogen) atoms. The molecule has 0 aliphatic carbocycles. The second-order valence-electron chi connectivity index (χ2n) is 4.75. The summed E-state index contributed by atoms with van der Waals surface area (Å²) >= 11 is 0. The van der Waals surface area contributed by atoms with Gasteiger partial charge in [0.15, 0.2) is 0 Å². The molecule has 0 aliphatic rings. The van der Waals surface area contributed by atoms with E-state index in [9.17, 15) is 4.79 Å². The molecule has 1 aromatic heterocycles. The summed E-state index contributed by atoms with van der Waals surface area (Å²) in [6.45, 7) is 2.00. The smallest absolute Gasteiger partial charge is 0.231 e. The van der Waals surface area contributed by atoms with Crippen LogP contribution < -0.4 is 5.32 Å². The Morgan fingerprint density at radius 3 is 2.70 bits per heavy atom. The van der Waals surface area contributed by atoms with E-state index in [1.165, 1.54) is 0 Å². The molecule has 4 nitrogen and oxygen atoms in total. The fourth-order valence-corrected chi connectivity index (χ4v) is 2.17. The highest BCUT2D eigenvalue weighted by molar-refractivity contribution is 5.92. The number of carbonyl (C=O) groups is 1. The van der Waals surface area contributed by atoms with E-state index < -0.39 is 0 Å². The number of aryl methyl sites for hydroxylation is 1. The van der Waals surface area contributed by atoms with E-state index in [2.05, 4.69) is 15.3 Å². The van der Waals surface area contributed by atoms with Gasteiger partial charge in [-0.25, -0.2) is 4.98 Å². The molecule has 0 bridgehead atoms. The van der Waals surface area contributed by atoms with Crippen LogP contribution in [0.4, 0.5) is 5.95 Å². The third kappa shape index (κ3) is 2.54. The van der Waals surface area contributed by atoms with E-state index >= 15 is 0 Å². The van der Waals surface area contributed by atoms with Crippen molar-refractivity contribution >= 4 is 22.9 Å². The SMILES string of the molecule is Cc1ccccc1CC(=O)Nc1nc2ccccc2[nH]1. The molecule has 1 amide bonds. The van der Waals surface area contributed by atoms with Gasteiger partial charge in [0.05, 0.1) is 17.5 Å². The lowest BCUT2D eigenvalue weighted by atomic mass is 10.1. The number of carbonyl (C=O) groups excluding carboxylic acids is 1. The van der Waals surface area contributed by atoms with Gasteiger partial charge in [0, 0.05) is 0 Å². The number of amides is 1. The highest BCUT2D eigenvalue weighted by Gasteiger charge is 2.08. The van der Waals surface area contributed by atoms with Crippen LogP contribution in [-0.4, -0.2) is 15.9 Å². The van der Waals surface area contributed by atoms with Crippen LogP contribution in [0.3, 0.4) is 0 Å². The summed E-state index contributed by atoms with van der Waals surface area (Å²) in [4.78, 5) is 19.5. The summed E-state index contributed by atoms with van der Waals surface area (Å²) in [6.07, 6.45) is 0.351. The van der Waals surface area contributed by atoms with Gasteiger partial charge in [-0.3, -0.25) is 10.1 Å². The van der Waals surface area contributed by atoms with Crippen molar-refractivity contribution in [1.29, 1.82) is 0 Å². The normalized spacial score (nSPS) is 10.7. The van der Waals surface area contributed by atoms with Crippen molar-refractivity contribution in [2.24, 2.45) is 0 Å². The number of anilines is 1. The minimum atomic E-state index is -0.0710. The Morgan fingerprint density at radius 1 is 1.15 bits per heavy atom. The molecule has 0 spiro atoms. The molecule has 0 saturated carbocycles. The first-order valence-corrected chi connectivity index (χ1v) is 6.51. The number of benzene rings is 2. The van der Waals surface area contributed by atoms with E-state index in [1.807, 2.05) is 55.5 Å². The van der Waals surface area contributed by atoms with Gasteiger partial charge in [-0.2, -0.15) is 0 Å². The average molecular weight is 265 g/mol. The maximum atomic E-state index is 12.0. The number of nitrogens with one attached hydrogen (secondary N) is 2. The lowest BCUT2D eigenvalue weighted by Gasteiger charge is -2.05. The number of aromatic nitrogens is 2. The molecule has 0 unspecified atom stereocenters. The van der Waals surface area contributed by atoms with Crippen LogP contribution in [0.25, 0.3) is 11.0 Å². The molecule has 3 rings (SSSR count). The fraction of sp³-hybridized carbons (Fsp3) is 0.125. The molecule has 4 heteroatoms. The minimum Gasteiger partial charge on any atom is -0.324 e. The van der Waals surface area contributed by atoms with Gasteiger partial charge in [0.1, 0.15) is 0 Å². The number of fused-ring (bicyclic) bond motifs is 1. The molecule has 2 N–H and O–H groups in total. The summed E-state index contributed by atoms with van der Waals surface area (Å²) in [5.74, 6) is 0.420. The fourth-order valence-electron chi connectivity index (χ4n) is 2.17. The van der Waals surface area contributed by atoms with Crippen molar-refractivity contribution in [2.75, 3.05) is 5.32 Å². The zero-order valence-corrected chi connectivity index (χ0v) is 11.2. The second kappa shape index (κ2) is 5.17. The minimum absolute atomic E-state index is 0.0710. The number of H-pyrrole nitrogens is 1. The molecular formula is C16H15N3O. The number of rotatable bonds is 3. The van der Waals surface area contributed by atoms with Crippen LogP contribution >= 0.6 is 0 Å². The van der Waals surface area contributed by atoms with Crippen molar-refractivity contribution in [1.82, 2.24) is 9.97 Å². The van der Waals surface area contributed by atoms with Crippen LogP contribution in [-0.2, 0) is 11.2 Å². The highest BCUT2D eigenvalue weighted by atomic mass is 16.1. The van der Waals surface area contributed by atoms with Crippen LogP contribution in [0.5, 0.6) is 0 Å². The highest BCUT2D eigenvalue weighted by Crippen LogP contribution is 2.14. The Kier molecular flexibility index (Phi) is 3.21. The van der Waals surface area contributed by atoms with Crippen molar-refractivity contribution in [3.8, 4) is 0 Å². The molecule has 0 atom stereocenters. The third-order valence-electron chi connectivity index (χ3n) is 3.26. The summed E-state index contributed by atoms with van der Waals surface area (Å²) in [5, 5.41) is 2.80. The lowest BCUT2D eigenvalue weighted by Crippen LogP contribution is -2.15. The maximum absolute atomic E-state index is 12.0. The van der Waals surface area contributed by atoms with Crippen LogP contribution in [0.2, 0.25) is 0 Å². The zero-order chi connectivity index (χ0) is 13.9. The number of imidazole rings is 1. The Morgan fingerprint density at radius 2 is 1.90 bits per heavy atom. The Hall–Kier alpha value is -2.62. The van der Waals surface area contributed by atoms with E-state index in [1.54, 1.807) is 0 Å². The molecular weight excluding hydrogens is 250 g/mol. The number of hydrogen-bond acceptors (Lipinski definition) is 2. The standard InChI is InChI=1S/C16H15N3O/c1-11-6-2-3-7-12(11)10-15(20)19-16-17-13-8-4-5-9-14(13)18-16/h2-9H,10H2,1H3,(H2,17,18,19,20). The molecule has 100 valence electrons. The van der Waals surface area contributed by atoms with Crippen molar-refractivity contribution in [2.45, 2.75) is 13.3 Å². The topological polar surface area (TPSA) is 57.8 Å². The molecule has 0 saturated heterocycles. The molecule has 0 aliphatic heterocycles. The summed E-state index contributed by atoms with van der Waals surface area (Å²) < 4.78 is 0. The number of para-hydroxylation sites is 2. The molecule has 2 aromatic carbocycles. The largest absolute Gasteiger partial charge is 0.324 e. The van der Waals surface area contributed by atoms with E-state index in [0.717, 1.165) is 22.2 Å². The van der Waals surface area contributed by atoms with Gasteiger partial charge in [-0.15, -0.1) is 0 Å². The van der Waals surface area contributed by atoms with Crippen molar-refractivity contribution < 1.29 is 4.79 Å². The van der Waals surface area contributed by atoms with E-state index in [0.29, 0.717) is 12.4 Å². The average Bonchev–Trinajstić information content (AvgIpc) is 2.83. The predicted molar refractivity (Wildman–Crippen MR) is 79.6 cm³/mol. The van der Waals surface area contributed by atoms with E-state index in [-0.39, 0.29) is 5.91 Å². The first-order chi connectivity index (χ1) is 9.72. The van der Waals surface area contributed by atoms with Gasteiger partial charge >= 0.3 is 0 Å². The van der Waals surface area contributed by atoms with Crippen molar-refractivity contribution in [3.63, 3.8) is 0 Å². The van der Waals surface area contributed by atoms with Gasteiger partial charge in [0.2, 0.25) is 11.9 Å². The Labute approximate surface area is 116 Å².